The number of anilines is 2. The van der Waals surface area contributed by atoms with Gasteiger partial charge in [-0.3, -0.25) is 0 Å². The molecule has 1 atom stereocenters. The minimum atomic E-state index is -0.148. The van der Waals surface area contributed by atoms with E-state index in [-0.39, 0.29) is 17.0 Å². The van der Waals surface area contributed by atoms with Crippen LogP contribution >= 0.6 is 22.7 Å². The molecule has 2 aliphatic carbocycles. The highest BCUT2D eigenvalue weighted by Gasteiger charge is 2.42. The van der Waals surface area contributed by atoms with Crippen molar-refractivity contribution < 1.29 is 0 Å². The zero-order valence-electron chi connectivity index (χ0n) is 20.0. The number of hydrogen-bond donors (Lipinski definition) is 0. The highest BCUT2D eigenvalue weighted by molar-refractivity contribution is 7.22. The molecule has 1 unspecified atom stereocenters. The minimum absolute atomic E-state index is 0.142. The Balaban J connectivity index is 1.42. The van der Waals surface area contributed by atoms with Gasteiger partial charge in [0.05, 0.1) is 11.0 Å². The van der Waals surface area contributed by atoms with Crippen LogP contribution in [0.5, 0.6) is 0 Å². The van der Waals surface area contributed by atoms with Crippen molar-refractivity contribution in [1.29, 1.82) is 10.5 Å². The molecule has 0 saturated heterocycles. The molecular weight excluding hydrogens is 478 g/mol. The number of rotatable bonds is 4. The first kappa shape index (κ1) is 22.6. The smallest absolute Gasteiger partial charge is 0.131 e. The molecule has 0 radical (unpaired) electrons. The maximum atomic E-state index is 9.18. The third kappa shape index (κ3) is 3.60. The summed E-state index contributed by atoms with van der Waals surface area (Å²) in [5, 5.41) is 20.9. The second-order valence-corrected chi connectivity index (χ2v) is 11.8. The first-order chi connectivity index (χ1) is 17.5. The molecule has 4 aromatic rings. The number of thiophene rings is 2. The fourth-order valence-electron chi connectivity index (χ4n) is 5.32. The van der Waals surface area contributed by atoms with Gasteiger partial charge in [-0.2, -0.15) is 10.5 Å². The molecule has 0 bridgehead atoms. The Morgan fingerprint density at radius 3 is 2.50 bits per heavy atom. The third-order valence-corrected chi connectivity index (χ3v) is 9.33. The Bertz CT molecular complexity index is 1620. The van der Waals surface area contributed by atoms with E-state index in [1.54, 1.807) is 17.4 Å². The topological polar surface area (TPSA) is 50.8 Å². The van der Waals surface area contributed by atoms with Crippen LogP contribution in [0.1, 0.15) is 35.6 Å². The third-order valence-electron chi connectivity index (χ3n) is 7.10. The molecule has 0 fully saturated rings. The van der Waals surface area contributed by atoms with E-state index in [4.69, 9.17) is 0 Å². The Morgan fingerprint density at radius 1 is 1.00 bits per heavy atom. The summed E-state index contributed by atoms with van der Waals surface area (Å²) in [6.45, 7) is 4.56. The minimum Gasteiger partial charge on any atom is -0.326 e. The average Bonchev–Trinajstić information content (AvgIpc) is 3.57. The standard InChI is InChI=1S/C31H23N3S2/c1-31(2)26-16-23(12-13-25(26)30-27(31)17-24(35-30)14-20(18-32)19-33)34(22-9-4-3-5-10-22)29-15-21-8-6-7-11-28(21)36-29/h3-11,13-17,23H,12H2,1-2H3. The van der Waals surface area contributed by atoms with Crippen molar-refractivity contribution in [3.8, 4) is 12.1 Å². The summed E-state index contributed by atoms with van der Waals surface area (Å²) in [5.74, 6) is 0. The number of nitrogens with zero attached hydrogens (tertiary/aromatic N) is 3. The van der Waals surface area contributed by atoms with Crippen LogP contribution in [-0.4, -0.2) is 6.04 Å². The van der Waals surface area contributed by atoms with E-state index >= 15 is 0 Å². The summed E-state index contributed by atoms with van der Waals surface area (Å²) in [6, 6.07) is 27.9. The van der Waals surface area contributed by atoms with E-state index in [0.717, 1.165) is 11.3 Å². The lowest BCUT2D eigenvalue weighted by Gasteiger charge is -2.34. The molecule has 174 valence electrons. The van der Waals surface area contributed by atoms with E-state index in [0.29, 0.717) is 0 Å². The number of benzene rings is 2. The maximum absolute atomic E-state index is 9.18. The highest BCUT2D eigenvalue weighted by Crippen LogP contribution is 2.55. The molecule has 2 aromatic carbocycles. The molecule has 0 amide bonds. The van der Waals surface area contributed by atoms with Crippen molar-refractivity contribution in [1.82, 2.24) is 0 Å². The van der Waals surface area contributed by atoms with Crippen molar-refractivity contribution in [2.24, 2.45) is 0 Å². The number of allylic oxidation sites excluding steroid dienone is 3. The first-order valence-corrected chi connectivity index (χ1v) is 13.5. The van der Waals surface area contributed by atoms with Gasteiger partial charge < -0.3 is 4.90 Å². The second-order valence-electron chi connectivity index (χ2n) is 9.63. The average molecular weight is 502 g/mol. The molecule has 36 heavy (non-hydrogen) atoms. The van der Waals surface area contributed by atoms with Gasteiger partial charge in [0.15, 0.2) is 0 Å². The van der Waals surface area contributed by atoms with Crippen LogP contribution in [0.3, 0.4) is 0 Å². The predicted molar refractivity (Wildman–Crippen MR) is 151 cm³/mol. The molecule has 5 heteroatoms. The summed E-state index contributed by atoms with van der Waals surface area (Å²) < 4.78 is 1.30. The lowest BCUT2D eigenvalue weighted by molar-refractivity contribution is 0.646. The molecular formula is C31H23N3S2. The Kier molecular flexibility index (Phi) is 5.41. The predicted octanol–water partition coefficient (Wildman–Crippen LogP) is 8.60. The van der Waals surface area contributed by atoms with Crippen LogP contribution < -0.4 is 4.90 Å². The number of para-hydroxylation sites is 1. The number of nitriles is 2. The van der Waals surface area contributed by atoms with Gasteiger partial charge in [-0.05, 0) is 64.9 Å². The summed E-state index contributed by atoms with van der Waals surface area (Å²) in [5.41, 5.74) is 5.13. The summed E-state index contributed by atoms with van der Waals surface area (Å²) in [4.78, 5) is 4.71. The number of hydrogen-bond acceptors (Lipinski definition) is 5. The van der Waals surface area contributed by atoms with E-state index in [1.807, 2.05) is 23.5 Å². The van der Waals surface area contributed by atoms with Gasteiger partial charge in [-0.15, -0.1) is 22.7 Å². The summed E-state index contributed by atoms with van der Waals surface area (Å²) in [6.07, 6.45) is 7.46. The van der Waals surface area contributed by atoms with Gasteiger partial charge >= 0.3 is 0 Å². The molecule has 0 spiro atoms. The Morgan fingerprint density at radius 2 is 1.75 bits per heavy atom. The van der Waals surface area contributed by atoms with Crippen molar-refractivity contribution in [3.05, 3.63) is 105 Å². The second kappa shape index (κ2) is 8.64. The monoisotopic (exact) mass is 501 g/mol. The van der Waals surface area contributed by atoms with Gasteiger partial charge in [0, 0.05) is 25.6 Å². The lowest BCUT2D eigenvalue weighted by Crippen LogP contribution is -2.31. The van der Waals surface area contributed by atoms with Gasteiger partial charge in [0.1, 0.15) is 17.7 Å². The Hall–Kier alpha value is -3.90. The van der Waals surface area contributed by atoms with E-state index in [2.05, 4.69) is 97.6 Å². The Labute approximate surface area is 219 Å². The largest absolute Gasteiger partial charge is 0.326 e. The molecule has 2 aliphatic rings. The van der Waals surface area contributed by atoms with Crippen LogP contribution in [0.4, 0.5) is 10.7 Å². The fourth-order valence-corrected chi connectivity index (χ4v) is 7.78. The van der Waals surface area contributed by atoms with Gasteiger partial charge in [0.25, 0.3) is 0 Å². The lowest BCUT2D eigenvalue weighted by atomic mass is 9.79. The SMILES string of the molecule is CC1(C)C2=CC(N(c3ccccc3)c3cc4ccccc4s3)CC=C2c2sc(C=C(C#N)C#N)cc21. The molecule has 0 N–H and O–H groups in total. The van der Waals surface area contributed by atoms with Gasteiger partial charge in [-0.1, -0.05) is 62.4 Å². The highest BCUT2D eigenvalue weighted by atomic mass is 32.1. The van der Waals surface area contributed by atoms with Crippen LogP contribution in [0.15, 0.2) is 90.0 Å². The van der Waals surface area contributed by atoms with Gasteiger partial charge in [-0.25, -0.2) is 0 Å². The number of fused-ring (bicyclic) bond motifs is 4. The molecule has 2 aromatic heterocycles. The van der Waals surface area contributed by atoms with Crippen LogP contribution in [0.2, 0.25) is 0 Å². The van der Waals surface area contributed by atoms with Crippen molar-refractivity contribution in [2.45, 2.75) is 31.7 Å². The summed E-state index contributed by atoms with van der Waals surface area (Å²) in [7, 11) is 0. The van der Waals surface area contributed by atoms with Crippen molar-refractivity contribution in [3.63, 3.8) is 0 Å². The first-order valence-electron chi connectivity index (χ1n) is 11.9. The van der Waals surface area contributed by atoms with Crippen molar-refractivity contribution >= 4 is 55.1 Å². The fraction of sp³-hybridized carbons (Fsp3) is 0.161. The molecule has 3 nitrogen and oxygen atoms in total. The van der Waals surface area contributed by atoms with Crippen molar-refractivity contribution in [2.75, 3.05) is 4.90 Å². The van der Waals surface area contributed by atoms with Crippen LogP contribution in [0, 0.1) is 22.7 Å². The normalized spacial score (nSPS) is 17.3. The zero-order valence-corrected chi connectivity index (χ0v) is 21.7. The van der Waals surface area contributed by atoms with E-state index in [9.17, 15) is 10.5 Å². The molecule has 2 heterocycles. The zero-order chi connectivity index (χ0) is 24.9. The quantitative estimate of drug-likeness (QED) is 0.263. The van der Waals surface area contributed by atoms with E-state index in [1.165, 1.54) is 42.4 Å². The molecule has 0 saturated carbocycles. The molecule has 6 rings (SSSR count). The summed E-state index contributed by atoms with van der Waals surface area (Å²) >= 11 is 3.51. The molecule has 0 aliphatic heterocycles. The van der Waals surface area contributed by atoms with E-state index < -0.39 is 0 Å². The van der Waals surface area contributed by atoms with Crippen LogP contribution in [0.25, 0.3) is 21.7 Å². The van der Waals surface area contributed by atoms with Crippen LogP contribution in [-0.2, 0) is 5.41 Å². The maximum Gasteiger partial charge on any atom is 0.131 e. The van der Waals surface area contributed by atoms with Gasteiger partial charge in [0.2, 0.25) is 0 Å².